The predicted molar refractivity (Wildman–Crippen MR) is 79.7 cm³/mol. The molecule has 0 saturated heterocycles. The van der Waals surface area contributed by atoms with Crippen LogP contribution in [-0.4, -0.2) is 5.11 Å². The summed E-state index contributed by atoms with van der Waals surface area (Å²) in [6.45, 7) is 2.68. The van der Waals surface area contributed by atoms with E-state index in [1.165, 1.54) is 11.1 Å². The van der Waals surface area contributed by atoms with Crippen molar-refractivity contribution in [2.75, 3.05) is 0 Å². The van der Waals surface area contributed by atoms with Gasteiger partial charge in [-0.2, -0.15) is 0 Å². The van der Waals surface area contributed by atoms with Crippen molar-refractivity contribution in [3.8, 4) is 0 Å². The minimum absolute atomic E-state index is 0.0649. The van der Waals surface area contributed by atoms with Crippen molar-refractivity contribution in [2.45, 2.75) is 25.1 Å². The second kappa shape index (κ2) is 4.75. The van der Waals surface area contributed by atoms with Gasteiger partial charge in [0.1, 0.15) is 5.60 Å². The third-order valence-electron chi connectivity index (χ3n) is 3.85. The third-order valence-corrected chi connectivity index (χ3v) is 4.38. The second-order valence-corrected chi connectivity index (χ2v) is 6.08. The maximum absolute atomic E-state index is 10.9. The van der Waals surface area contributed by atoms with Crippen molar-refractivity contribution in [1.82, 2.24) is 5.32 Å². The van der Waals surface area contributed by atoms with Gasteiger partial charge < -0.3 is 10.4 Å². The molecule has 0 amide bonds. The summed E-state index contributed by atoms with van der Waals surface area (Å²) in [5.74, 6) is 0. The van der Waals surface area contributed by atoms with Crippen LogP contribution in [-0.2, 0) is 12.1 Å². The minimum atomic E-state index is -0.923. The number of hydrogen-bond acceptors (Lipinski definition) is 2. The molecule has 3 rings (SSSR count). The van der Waals surface area contributed by atoms with Gasteiger partial charge in [0, 0.05) is 11.0 Å². The molecule has 0 aliphatic carbocycles. The molecule has 1 heterocycles. The number of halogens is 1. The Labute approximate surface area is 121 Å². The van der Waals surface area contributed by atoms with Crippen molar-refractivity contribution in [1.29, 1.82) is 0 Å². The first kappa shape index (κ1) is 12.9. The zero-order chi connectivity index (χ0) is 13.5. The number of fused-ring (bicyclic) bond motifs is 1. The highest BCUT2D eigenvalue weighted by atomic mass is 79.9. The minimum Gasteiger partial charge on any atom is -0.383 e. The lowest BCUT2D eigenvalue weighted by Gasteiger charge is -2.31. The van der Waals surface area contributed by atoms with Gasteiger partial charge in [-0.25, -0.2) is 0 Å². The summed E-state index contributed by atoms with van der Waals surface area (Å²) in [5, 5.41) is 14.4. The normalized spacial score (nSPS) is 20.9. The zero-order valence-corrected chi connectivity index (χ0v) is 12.3. The van der Waals surface area contributed by atoms with Crippen LogP contribution in [0.15, 0.2) is 53.0 Å². The van der Waals surface area contributed by atoms with Crippen LogP contribution in [0, 0.1) is 0 Å². The van der Waals surface area contributed by atoms with Gasteiger partial charge in [0.25, 0.3) is 0 Å². The van der Waals surface area contributed by atoms with Crippen LogP contribution in [0.25, 0.3) is 0 Å². The van der Waals surface area contributed by atoms with Gasteiger partial charge in [-0.1, -0.05) is 52.3 Å². The number of nitrogens with one attached hydrogen (secondary N) is 1. The second-order valence-electron chi connectivity index (χ2n) is 5.17. The first-order valence-electron chi connectivity index (χ1n) is 6.38. The molecule has 0 fully saturated rings. The monoisotopic (exact) mass is 317 g/mol. The van der Waals surface area contributed by atoms with Gasteiger partial charge in [0.15, 0.2) is 0 Å². The first-order valence-corrected chi connectivity index (χ1v) is 7.18. The smallest absolute Gasteiger partial charge is 0.106 e. The largest absolute Gasteiger partial charge is 0.383 e. The predicted octanol–water partition coefficient (Wildman–Crippen LogP) is 3.50. The summed E-state index contributed by atoms with van der Waals surface area (Å²) in [6, 6.07) is 16.1. The number of benzene rings is 2. The molecule has 2 unspecified atom stereocenters. The van der Waals surface area contributed by atoms with Gasteiger partial charge in [0.05, 0.1) is 6.04 Å². The first-order chi connectivity index (χ1) is 9.09. The van der Waals surface area contributed by atoms with E-state index in [1.807, 2.05) is 43.3 Å². The lowest BCUT2D eigenvalue weighted by Crippen LogP contribution is -2.35. The quantitative estimate of drug-likeness (QED) is 0.888. The van der Waals surface area contributed by atoms with Crippen LogP contribution in [0.4, 0.5) is 0 Å². The average molecular weight is 318 g/mol. The molecule has 2 atom stereocenters. The maximum atomic E-state index is 10.9. The number of aliphatic hydroxyl groups is 1. The van der Waals surface area contributed by atoms with Gasteiger partial charge >= 0.3 is 0 Å². The standard InChI is InChI=1S/C16H16BrNO/c1-16(19,12-6-8-13(17)9-7-12)15-14-5-3-2-4-11(14)10-18-15/h2-9,15,18-19H,10H2,1H3. The Balaban J connectivity index is 2.00. The van der Waals surface area contributed by atoms with E-state index >= 15 is 0 Å². The van der Waals surface area contributed by atoms with Gasteiger partial charge in [0.2, 0.25) is 0 Å². The molecule has 19 heavy (non-hydrogen) atoms. The summed E-state index contributed by atoms with van der Waals surface area (Å²) in [7, 11) is 0. The molecule has 1 aliphatic heterocycles. The molecule has 2 aromatic rings. The third kappa shape index (κ3) is 2.22. The van der Waals surface area contributed by atoms with Crippen molar-refractivity contribution in [3.05, 3.63) is 69.7 Å². The summed E-state index contributed by atoms with van der Waals surface area (Å²) in [5.41, 5.74) is 2.46. The number of rotatable bonds is 2. The lowest BCUT2D eigenvalue weighted by molar-refractivity contribution is 0.0177. The van der Waals surface area contributed by atoms with Crippen LogP contribution in [0.3, 0.4) is 0 Å². The fourth-order valence-corrected chi connectivity index (χ4v) is 3.02. The van der Waals surface area contributed by atoms with E-state index in [0.717, 1.165) is 16.6 Å². The van der Waals surface area contributed by atoms with Crippen LogP contribution in [0.1, 0.15) is 29.7 Å². The van der Waals surface area contributed by atoms with Crippen molar-refractivity contribution < 1.29 is 5.11 Å². The van der Waals surface area contributed by atoms with Crippen LogP contribution < -0.4 is 5.32 Å². The average Bonchev–Trinajstić information content (AvgIpc) is 2.83. The van der Waals surface area contributed by atoms with E-state index in [1.54, 1.807) is 0 Å². The van der Waals surface area contributed by atoms with Gasteiger partial charge in [-0.3, -0.25) is 0 Å². The van der Waals surface area contributed by atoms with Gasteiger partial charge in [-0.15, -0.1) is 0 Å². The fourth-order valence-electron chi connectivity index (χ4n) is 2.75. The Hall–Kier alpha value is -1.16. The Morgan fingerprint density at radius 3 is 2.58 bits per heavy atom. The molecule has 0 spiro atoms. The maximum Gasteiger partial charge on any atom is 0.106 e. The highest BCUT2D eigenvalue weighted by Crippen LogP contribution is 2.39. The summed E-state index contributed by atoms with van der Waals surface area (Å²) in [4.78, 5) is 0. The summed E-state index contributed by atoms with van der Waals surface area (Å²) >= 11 is 3.42. The molecule has 3 heteroatoms. The Morgan fingerprint density at radius 1 is 1.16 bits per heavy atom. The summed E-state index contributed by atoms with van der Waals surface area (Å²) < 4.78 is 1.02. The molecule has 0 bridgehead atoms. The molecule has 2 N–H and O–H groups in total. The highest BCUT2D eigenvalue weighted by molar-refractivity contribution is 9.10. The van der Waals surface area contributed by atoms with E-state index in [2.05, 4.69) is 33.4 Å². The van der Waals surface area contributed by atoms with E-state index in [0.29, 0.717) is 0 Å². The molecule has 2 nitrogen and oxygen atoms in total. The van der Waals surface area contributed by atoms with Crippen LogP contribution in [0.5, 0.6) is 0 Å². The fraction of sp³-hybridized carbons (Fsp3) is 0.250. The van der Waals surface area contributed by atoms with Crippen LogP contribution >= 0.6 is 15.9 Å². The molecule has 2 aromatic carbocycles. The molecule has 0 saturated carbocycles. The van der Waals surface area contributed by atoms with E-state index in [4.69, 9.17) is 0 Å². The topological polar surface area (TPSA) is 32.3 Å². The van der Waals surface area contributed by atoms with Crippen LogP contribution in [0.2, 0.25) is 0 Å². The lowest BCUT2D eigenvalue weighted by atomic mass is 9.84. The van der Waals surface area contributed by atoms with Crippen molar-refractivity contribution in [2.24, 2.45) is 0 Å². The Kier molecular flexibility index (Phi) is 3.21. The zero-order valence-electron chi connectivity index (χ0n) is 10.7. The Morgan fingerprint density at radius 2 is 1.84 bits per heavy atom. The van der Waals surface area contributed by atoms with E-state index in [-0.39, 0.29) is 6.04 Å². The molecule has 1 aliphatic rings. The molecular weight excluding hydrogens is 302 g/mol. The number of hydrogen-bond donors (Lipinski definition) is 2. The van der Waals surface area contributed by atoms with Crippen molar-refractivity contribution in [3.63, 3.8) is 0 Å². The molecule has 98 valence electrons. The SMILES string of the molecule is CC(O)(c1ccc(Br)cc1)C1NCc2ccccc21. The van der Waals surface area contributed by atoms with E-state index in [9.17, 15) is 5.11 Å². The Bertz CT molecular complexity index is 592. The highest BCUT2D eigenvalue weighted by Gasteiger charge is 2.38. The molecule has 0 radical (unpaired) electrons. The van der Waals surface area contributed by atoms with Crippen molar-refractivity contribution >= 4 is 15.9 Å². The van der Waals surface area contributed by atoms with E-state index < -0.39 is 5.60 Å². The summed E-state index contributed by atoms with van der Waals surface area (Å²) in [6.07, 6.45) is 0. The molecular formula is C16H16BrNO. The van der Waals surface area contributed by atoms with Gasteiger partial charge in [-0.05, 0) is 35.7 Å². The molecule has 0 aromatic heterocycles.